The van der Waals surface area contributed by atoms with Crippen molar-refractivity contribution in [3.63, 3.8) is 0 Å². The summed E-state index contributed by atoms with van der Waals surface area (Å²) in [6, 6.07) is 10.5. The molecule has 0 unspecified atom stereocenters. The first kappa shape index (κ1) is 19.9. The van der Waals surface area contributed by atoms with E-state index in [1.807, 2.05) is 13.0 Å². The highest BCUT2D eigenvalue weighted by atomic mass is 16.5. The van der Waals surface area contributed by atoms with E-state index in [4.69, 9.17) is 9.47 Å². The molecule has 0 fully saturated rings. The zero-order valence-corrected chi connectivity index (χ0v) is 15.5. The molecule has 0 aliphatic rings. The zero-order valence-electron chi connectivity index (χ0n) is 15.5. The van der Waals surface area contributed by atoms with Gasteiger partial charge in [-0.25, -0.2) is 10.4 Å². The van der Waals surface area contributed by atoms with Crippen LogP contribution in [0.1, 0.15) is 18.9 Å². The minimum atomic E-state index is -0.425. The highest BCUT2D eigenvalue weighted by Gasteiger charge is 2.07. The monoisotopic (exact) mass is 370 g/mol. The molecule has 0 saturated carbocycles. The molecule has 2 amide bonds. The van der Waals surface area contributed by atoms with Gasteiger partial charge in [-0.3, -0.25) is 9.59 Å². The van der Waals surface area contributed by atoms with Gasteiger partial charge in [-0.2, -0.15) is 5.10 Å². The minimum Gasteiger partial charge on any atom is -0.497 e. The van der Waals surface area contributed by atoms with Crippen LogP contribution in [0.15, 0.2) is 47.7 Å². The van der Waals surface area contributed by atoms with Crippen LogP contribution in [-0.4, -0.2) is 36.2 Å². The number of hydrazone groups is 1. The maximum Gasteiger partial charge on any atom is 0.277 e. The number of amides is 2. The molecule has 27 heavy (non-hydrogen) atoms. The largest absolute Gasteiger partial charge is 0.497 e. The number of carbonyl (C=O) groups excluding carboxylic acids is 2. The van der Waals surface area contributed by atoms with E-state index in [1.54, 1.807) is 50.6 Å². The number of aryl methyl sites for hydroxylation is 1. The summed E-state index contributed by atoms with van der Waals surface area (Å²) in [5, 5.41) is 6.58. The Morgan fingerprint density at radius 2 is 1.81 bits per heavy atom. The minimum absolute atomic E-state index is 0.0369. The Balaban J connectivity index is 1.74. The van der Waals surface area contributed by atoms with E-state index < -0.39 is 5.91 Å². The van der Waals surface area contributed by atoms with Crippen LogP contribution in [0.25, 0.3) is 0 Å². The lowest BCUT2D eigenvalue weighted by molar-refractivity contribution is -0.123. The van der Waals surface area contributed by atoms with E-state index in [1.165, 1.54) is 0 Å². The molecule has 1 heterocycles. The first-order chi connectivity index (χ1) is 13.0. The van der Waals surface area contributed by atoms with E-state index in [0.717, 1.165) is 5.56 Å². The SMILES string of the molecule is COc1ccc(OCC(=O)NN=C(C)CC(=O)Nc2cc(C)ccn2)cc1. The first-order valence-electron chi connectivity index (χ1n) is 8.27. The molecule has 0 spiro atoms. The third kappa shape index (κ3) is 7.15. The van der Waals surface area contributed by atoms with Gasteiger partial charge in [0.2, 0.25) is 5.91 Å². The van der Waals surface area contributed by atoms with Crippen molar-refractivity contribution in [2.24, 2.45) is 5.10 Å². The average Bonchev–Trinajstić information content (AvgIpc) is 2.65. The molecule has 2 aromatic rings. The van der Waals surface area contributed by atoms with Crippen molar-refractivity contribution < 1.29 is 19.1 Å². The second-order valence-corrected chi connectivity index (χ2v) is 5.79. The maximum absolute atomic E-state index is 12.0. The summed E-state index contributed by atoms with van der Waals surface area (Å²) in [7, 11) is 1.57. The number of pyridine rings is 1. The Kier molecular flexibility index (Phi) is 7.30. The summed E-state index contributed by atoms with van der Waals surface area (Å²) in [5.74, 6) is 1.02. The van der Waals surface area contributed by atoms with Gasteiger partial charge in [0, 0.05) is 11.9 Å². The fourth-order valence-corrected chi connectivity index (χ4v) is 2.07. The highest BCUT2D eigenvalue weighted by Crippen LogP contribution is 2.16. The molecule has 0 atom stereocenters. The fraction of sp³-hybridized carbons (Fsp3) is 0.263. The van der Waals surface area contributed by atoms with E-state index >= 15 is 0 Å². The molecule has 142 valence electrons. The third-order valence-electron chi connectivity index (χ3n) is 3.40. The Hall–Kier alpha value is -3.42. The molecule has 0 radical (unpaired) electrons. The quantitative estimate of drug-likeness (QED) is 0.548. The number of hydrogen-bond donors (Lipinski definition) is 2. The molecule has 1 aromatic heterocycles. The normalized spacial score (nSPS) is 10.9. The van der Waals surface area contributed by atoms with E-state index in [-0.39, 0.29) is 18.9 Å². The van der Waals surface area contributed by atoms with E-state index in [9.17, 15) is 9.59 Å². The molecule has 8 heteroatoms. The number of benzene rings is 1. The molecule has 0 aliphatic heterocycles. The molecule has 0 bridgehead atoms. The van der Waals surface area contributed by atoms with E-state index in [0.29, 0.717) is 23.0 Å². The number of nitrogens with zero attached hydrogens (tertiary/aromatic N) is 2. The molecule has 2 rings (SSSR count). The summed E-state index contributed by atoms with van der Waals surface area (Å²) >= 11 is 0. The summed E-state index contributed by atoms with van der Waals surface area (Å²) in [5.41, 5.74) is 3.81. The van der Waals surface area contributed by atoms with Crippen molar-refractivity contribution in [2.75, 3.05) is 19.0 Å². The van der Waals surface area contributed by atoms with Crippen LogP contribution >= 0.6 is 0 Å². The van der Waals surface area contributed by atoms with Gasteiger partial charge in [-0.1, -0.05) is 0 Å². The molecular weight excluding hydrogens is 348 g/mol. The number of ether oxygens (including phenoxy) is 2. The number of hydrogen-bond acceptors (Lipinski definition) is 6. The second kappa shape index (κ2) is 9.91. The van der Waals surface area contributed by atoms with Crippen LogP contribution in [0.2, 0.25) is 0 Å². The van der Waals surface area contributed by atoms with Gasteiger partial charge >= 0.3 is 0 Å². The number of aromatic nitrogens is 1. The Morgan fingerprint density at radius 3 is 2.48 bits per heavy atom. The maximum atomic E-state index is 12.0. The molecular formula is C19H22N4O4. The van der Waals surface area contributed by atoms with Crippen molar-refractivity contribution in [2.45, 2.75) is 20.3 Å². The molecule has 0 aliphatic carbocycles. The van der Waals surface area contributed by atoms with Crippen LogP contribution in [0.5, 0.6) is 11.5 Å². The van der Waals surface area contributed by atoms with Crippen molar-refractivity contribution in [1.29, 1.82) is 0 Å². The summed E-state index contributed by atoms with van der Waals surface area (Å²) in [6.07, 6.45) is 1.66. The Morgan fingerprint density at radius 1 is 1.11 bits per heavy atom. The predicted octanol–water partition coefficient (Wildman–Crippen LogP) is 2.30. The summed E-state index contributed by atoms with van der Waals surface area (Å²) < 4.78 is 10.4. The summed E-state index contributed by atoms with van der Waals surface area (Å²) in [6.45, 7) is 3.37. The Bertz CT molecular complexity index is 819. The molecule has 0 saturated heterocycles. The average molecular weight is 370 g/mol. The van der Waals surface area contributed by atoms with E-state index in [2.05, 4.69) is 20.8 Å². The molecule has 8 nitrogen and oxygen atoms in total. The van der Waals surface area contributed by atoms with Crippen molar-refractivity contribution in [1.82, 2.24) is 10.4 Å². The first-order valence-corrected chi connectivity index (χ1v) is 8.27. The van der Waals surface area contributed by atoms with Crippen LogP contribution in [0.3, 0.4) is 0 Å². The van der Waals surface area contributed by atoms with Crippen LogP contribution < -0.4 is 20.2 Å². The third-order valence-corrected chi connectivity index (χ3v) is 3.40. The van der Waals surface area contributed by atoms with Crippen molar-refractivity contribution in [3.05, 3.63) is 48.2 Å². The lowest BCUT2D eigenvalue weighted by Crippen LogP contribution is -2.26. The van der Waals surface area contributed by atoms with Crippen molar-refractivity contribution >= 4 is 23.3 Å². The van der Waals surface area contributed by atoms with Crippen LogP contribution in [0.4, 0.5) is 5.82 Å². The standard InChI is InChI=1S/C19H22N4O4/c1-13-8-9-20-17(10-13)21-18(24)11-14(2)22-23-19(25)12-27-16-6-4-15(26-3)5-7-16/h4-10H,11-12H2,1-3H3,(H,23,25)(H,20,21,24). The van der Waals surface area contributed by atoms with Gasteiger partial charge in [0.05, 0.1) is 13.5 Å². The lowest BCUT2D eigenvalue weighted by Gasteiger charge is -2.07. The van der Waals surface area contributed by atoms with Gasteiger partial charge < -0.3 is 14.8 Å². The summed E-state index contributed by atoms with van der Waals surface area (Å²) in [4.78, 5) is 27.8. The topological polar surface area (TPSA) is 102 Å². The highest BCUT2D eigenvalue weighted by molar-refractivity contribution is 6.05. The number of carbonyl (C=O) groups is 2. The van der Waals surface area contributed by atoms with Gasteiger partial charge in [0.1, 0.15) is 17.3 Å². The Labute approximate surface area is 157 Å². The zero-order chi connectivity index (χ0) is 19.6. The predicted molar refractivity (Wildman–Crippen MR) is 102 cm³/mol. The fourth-order valence-electron chi connectivity index (χ4n) is 2.07. The number of anilines is 1. The second-order valence-electron chi connectivity index (χ2n) is 5.79. The van der Waals surface area contributed by atoms with Gasteiger partial charge in [0.25, 0.3) is 5.91 Å². The smallest absolute Gasteiger partial charge is 0.277 e. The number of nitrogens with one attached hydrogen (secondary N) is 2. The van der Waals surface area contributed by atoms with Gasteiger partial charge in [-0.05, 0) is 55.8 Å². The van der Waals surface area contributed by atoms with Gasteiger partial charge in [0.15, 0.2) is 6.61 Å². The van der Waals surface area contributed by atoms with Gasteiger partial charge in [-0.15, -0.1) is 0 Å². The lowest BCUT2D eigenvalue weighted by atomic mass is 10.2. The number of methoxy groups -OCH3 is 1. The molecule has 1 aromatic carbocycles. The van der Waals surface area contributed by atoms with Crippen molar-refractivity contribution in [3.8, 4) is 11.5 Å². The molecule has 2 N–H and O–H groups in total. The van der Waals surface area contributed by atoms with Crippen LogP contribution in [0, 0.1) is 6.92 Å². The number of rotatable bonds is 8. The van der Waals surface area contributed by atoms with Crippen LogP contribution in [-0.2, 0) is 9.59 Å².